The number of ether oxygens (including phenoxy) is 1. The maximum Gasteiger partial charge on any atom is 0.260 e. The molecule has 1 aliphatic rings. The number of anilines is 2. The van der Waals surface area contributed by atoms with Crippen molar-refractivity contribution in [2.45, 2.75) is 32.4 Å². The van der Waals surface area contributed by atoms with Crippen molar-refractivity contribution in [3.05, 3.63) is 82.8 Å². The van der Waals surface area contributed by atoms with E-state index in [-0.39, 0.29) is 11.0 Å². The molecular weight excluding hydrogens is 407 g/mol. The Bertz CT molecular complexity index is 1150. The lowest BCUT2D eigenvalue weighted by Crippen LogP contribution is -2.38. The quantitative estimate of drug-likeness (QED) is 0.534. The molecule has 7 heteroatoms. The second-order valence-corrected chi connectivity index (χ2v) is 8.54. The molecule has 0 radical (unpaired) electrons. The minimum atomic E-state index is -0.583. The molecule has 166 valence electrons. The van der Waals surface area contributed by atoms with Gasteiger partial charge in [0.1, 0.15) is 5.82 Å². The van der Waals surface area contributed by atoms with E-state index < -0.39 is 11.7 Å². The van der Waals surface area contributed by atoms with Gasteiger partial charge in [0.15, 0.2) is 0 Å². The SMILES string of the molecule is COc1cc(CNc2cccc(F)c2C(=O)Nc2ccc3c(c2)CNCC3(C)C)ccn1. The number of aromatic nitrogens is 1. The Morgan fingerprint density at radius 2 is 2.06 bits per heavy atom. The smallest absolute Gasteiger partial charge is 0.260 e. The first-order chi connectivity index (χ1) is 15.4. The standard InChI is InChI=1S/C25H27FN4O2/c1-25(2)15-27-14-17-12-18(7-8-19(17)25)30-24(31)23-20(26)5-4-6-21(23)29-13-16-9-10-28-22(11-16)32-3/h4-12,27,29H,13-15H2,1-3H3,(H,30,31). The molecular formula is C25H27FN4O2. The highest BCUT2D eigenvalue weighted by Gasteiger charge is 2.27. The van der Waals surface area contributed by atoms with Crippen LogP contribution in [0.2, 0.25) is 0 Å². The fraction of sp³-hybridized carbons (Fsp3) is 0.280. The molecule has 0 unspecified atom stereocenters. The van der Waals surface area contributed by atoms with Gasteiger partial charge in [0.05, 0.1) is 18.4 Å². The number of halogens is 1. The van der Waals surface area contributed by atoms with Gasteiger partial charge in [-0.15, -0.1) is 0 Å². The molecule has 0 aliphatic carbocycles. The van der Waals surface area contributed by atoms with Gasteiger partial charge in [0, 0.05) is 43.0 Å². The molecule has 0 bridgehead atoms. The van der Waals surface area contributed by atoms with Gasteiger partial charge < -0.3 is 20.7 Å². The van der Waals surface area contributed by atoms with E-state index in [9.17, 15) is 9.18 Å². The lowest BCUT2D eigenvalue weighted by Gasteiger charge is -2.33. The fourth-order valence-electron chi connectivity index (χ4n) is 4.05. The first kappa shape index (κ1) is 21.8. The van der Waals surface area contributed by atoms with Crippen LogP contribution >= 0.6 is 0 Å². The van der Waals surface area contributed by atoms with E-state index in [1.54, 1.807) is 31.5 Å². The predicted octanol–water partition coefficient (Wildman–Crippen LogP) is 4.47. The topological polar surface area (TPSA) is 75.3 Å². The van der Waals surface area contributed by atoms with Crippen LogP contribution in [0, 0.1) is 5.82 Å². The average Bonchev–Trinajstić information content (AvgIpc) is 2.77. The van der Waals surface area contributed by atoms with Gasteiger partial charge >= 0.3 is 0 Å². The van der Waals surface area contributed by atoms with Crippen molar-refractivity contribution in [3.63, 3.8) is 0 Å². The summed E-state index contributed by atoms with van der Waals surface area (Å²) in [6.07, 6.45) is 1.64. The fourth-order valence-corrected chi connectivity index (χ4v) is 4.05. The number of carbonyl (C=O) groups excluding carboxylic acids is 1. The number of carbonyl (C=O) groups is 1. The van der Waals surface area contributed by atoms with Gasteiger partial charge in [-0.3, -0.25) is 4.79 Å². The van der Waals surface area contributed by atoms with Crippen molar-refractivity contribution in [3.8, 4) is 5.88 Å². The van der Waals surface area contributed by atoms with E-state index in [1.807, 2.05) is 24.3 Å². The first-order valence-electron chi connectivity index (χ1n) is 10.5. The number of nitrogens with one attached hydrogen (secondary N) is 3. The highest BCUT2D eigenvalue weighted by atomic mass is 19.1. The Labute approximate surface area is 187 Å². The number of rotatable bonds is 6. The van der Waals surface area contributed by atoms with Gasteiger partial charge in [-0.25, -0.2) is 9.37 Å². The number of methoxy groups -OCH3 is 1. The molecule has 1 aliphatic heterocycles. The molecule has 0 saturated heterocycles. The summed E-state index contributed by atoms with van der Waals surface area (Å²) in [6.45, 7) is 6.41. The number of amides is 1. The third-order valence-corrected chi connectivity index (χ3v) is 5.71. The molecule has 0 spiro atoms. The number of hydrogen-bond acceptors (Lipinski definition) is 5. The summed E-state index contributed by atoms with van der Waals surface area (Å²) in [5, 5.41) is 9.42. The Morgan fingerprint density at radius 3 is 2.88 bits per heavy atom. The summed E-state index contributed by atoms with van der Waals surface area (Å²) in [5.74, 6) is -0.590. The molecule has 0 saturated carbocycles. The van der Waals surface area contributed by atoms with E-state index >= 15 is 0 Å². The largest absolute Gasteiger partial charge is 0.481 e. The van der Waals surface area contributed by atoms with E-state index in [1.165, 1.54) is 11.6 Å². The third kappa shape index (κ3) is 4.57. The summed E-state index contributed by atoms with van der Waals surface area (Å²) in [4.78, 5) is 17.1. The highest BCUT2D eigenvalue weighted by molar-refractivity contribution is 6.08. The molecule has 6 nitrogen and oxygen atoms in total. The molecule has 3 N–H and O–H groups in total. The summed E-state index contributed by atoms with van der Waals surface area (Å²) >= 11 is 0. The minimum absolute atomic E-state index is 0.0222. The van der Waals surface area contributed by atoms with Crippen molar-refractivity contribution in [1.29, 1.82) is 0 Å². The van der Waals surface area contributed by atoms with Crippen LogP contribution in [-0.4, -0.2) is 24.5 Å². The predicted molar refractivity (Wildman–Crippen MR) is 124 cm³/mol. The van der Waals surface area contributed by atoms with Crippen LogP contribution in [0.3, 0.4) is 0 Å². The molecule has 32 heavy (non-hydrogen) atoms. The highest BCUT2D eigenvalue weighted by Crippen LogP contribution is 2.31. The molecule has 3 aromatic rings. The van der Waals surface area contributed by atoms with E-state index in [4.69, 9.17) is 4.74 Å². The maximum absolute atomic E-state index is 14.7. The molecule has 2 aromatic carbocycles. The molecule has 1 aromatic heterocycles. The second kappa shape index (κ2) is 8.96. The van der Waals surface area contributed by atoms with Crippen molar-refractivity contribution in [2.24, 2.45) is 0 Å². The number of benzene rings is 2. The molecule has 0 fully saturated rings. The Balaban J connectivity index is 1.54. The zero-order chi connectivity index (χ0) is 22.7. The van der Waals surface area contributed by atoms with E-state index in [0.29, 0.717) is 23.8 Å². The Kier molecular flexibility index (Phi) is 6.10. The van der Waals surface area contributed by atoms with Gasteiger partial charge in [0.2, 0.25) is 5.88 Å². The number of pyridine rings is 1. The van der Waals surface area contributed by atoms with Crippen molar-refractivity contribution in [1.82, 2.24) is 10.3 Å². The van der Waals surface area contributed by atoms with Crippen LogP contribution in [0.4, 0.5) is 15.8 Å². The zero-order valence-corrected chi connectivity index (χ0v) is 18.5. The van der Waals surface area contributed by atoms with Gasteiger partial charge in [0.25, 0.3) is 5.91 Å². The Hall–Kier alpha value is -3.45. The molecule has 2 heterocycles. The minimum Gasteiger partial charge on any atom is -0.481 e. The van der Waals surface area contributed by atoms with Crippen LogP contribution in [0.5, 0.6) is 5.88 Å². The average molecular weight is 435 g/mol. The van der Waals surface area contributed by atoms with Crippen LogP contribution in [0.25, 0.3) is 0 Å². The van der Waals surface area contributed by atoms with E-state index in [0.717, 1.165) is 24.2 Å². The zero-order valence-electron chi connectivity index (χ0n) is 18.5. The monoisotopic (exact) mass is 434 g/mol. The molecule has 4 rings (SSSR count). The van der Waals surface area contributed by atoms with Gasteiger partial charge in [-0.05, 0) is 47.0 Å². The first-order valence-corrected chi connectivity index (χ1v) is 10.5. The second-order valence-electron chi connectivity index (χ2n) is 8.54. The lowest BCUT2D eigenvalue weighted by atomic mass is 9.79. The van der Waals surface area contributed by atoms with Crippen LogP contribution in [0.1, 0.15) is 40.9 Å². The van der Waals surface area contributed by atoms with Crippen molar-refractivity contribution < 1.29 is 13.9 Å². The summed E-state index contributed by atoms with van der Waals surface area (Å²) < 4.78 is 19.8. The number of fused-ring (bicyclic) bond motifs is 1. The Morgan fingerprint density at radius 1 is 1.22 bits per heavy atom. The summed E-state index contributed by atoms with van der Waals surface area (Å²) in [7, 11) is 1.55. The van der Waals surface area contributed by atoms with Crippen molar-refractivity contribution >= 4 is 17.3 Å². The third-order valence-electron chi connectivity index (χ3n) is 5.71. The van der Waals surface area contributed by atoms with E-state index in [2.05, 4.69) is 34.8 Å². The number of nitrogens with zero attached hydrogens (tertiary/aromatic N) is 1. The lowest BCUT2D eigenvalue weighted by molar-refractivity contribution is 0.102. The van der Waals surface area contributed by atoms with Gasteiger partial charge in [-0.1, -0.05) is 26.0 Å². The van der Waals surface area contributed by atoms with Crippen molar-refractivity contribution in [2.75, 3.05) is 24.3 Å². The van der Waals surface area contributed by atoms with Crippen LogP contribution in [-0.2, 0) is 18.5 Å². The number of hydrogen-bond donors (Lipinski definition) is 3. The van der Waals surface area contributed by atoms with Gasteiger partial charge in [-0.2, -0.15) is 0 Å². The summed E-state index contributed by atoms with van der Waals surface area (Å²) in [5.41, 5.74) is 4.35. The molecule has 1 amide bonds. The summed E-state index contributed by atoms with van der Waals surface area (Å²) in [6, 6.07) is 14.0. The maximum atomic E-state index is 14.7. The molecule has 0 atom stereocenters. The van der Waals surface area contributed by atoms with Crippen LogP contribution in [0.15, 0.2) is 54.7 Å². The van der Waals surface area contributed by atoms with Crippen LogP contribution < -0.4 is 20.7 Å². The normalized spacial score (nSPS) is 14.4.